The maximum atomic E-state index is 13.8. The molecule has 0 heterocycles. The summed E-state index contributed by atoms with van der Waals surface area (Å²) in [6.45, 7) is 1.89. The maximum absolute atomic E-state index is 13.8. The normalized spacial score (nSPS) is 23.6. The number of nitrogens with one attached hydrogen (secondary N) is 2. The van der Waals surface area contributed by atoms with E-state index in [-0.39, 0.29) is 35.5 Å². The van der Waals surface area contributed by atoms with Crippen LogP contribution in [0.3, 0.4) is 0 Å². The van der Waals surface area contributed by atoms with E-state index in [4.69, 9.17) is 0 Å². The molecule has 1 saturated carbocycles. The first-order chi connectivity index (χ1) is 14.9. The average molecular weight is 427 g/mol. The van der Waals surface area contributed by atoms with Gasteiger partial charge in [0.05, 0.1) is 12.1 Å². The summed E-state index contributed by atoms with van der Waals surface area (Å²) in [6, 6.07) is 16.2. The fraction of sp³-hybridized carbons (Fsp3) is 0.440. The molecule has 0 unspecified atom stereocenters. The van der Waals surface area contributed by atoms with Crippen molar-refractivity contribution in [3.8, 4) is 0 Å². The van der Waals surface area contributed by atoms with Crippen molar-refractivity contribution in [3.63, 3.8) is 0 Å². The molecule has 0 aromatic heterocycles. The summed E-state index contributed by atoms with van der Waals surface area (Å²) in [5, 5.41) is 16.5. The lowest BCUT2D eigenvalue weighted by Crippen LogP contribution is -2.42. The van der Waals surface area contributed by atoms with E-state index in [1.807, 2.05) is 18.2 Å². The van der Waals surface area contributed by atoms with Crippen molar-refractivity contribution in [1.82, 2.24) is 10.6 Å². The molecule has 31 heavy (non-hydrogen) atoms. The Morgan fingerprint density at radius 3 is 2.45 bits per heavy atom. The Morgan fingerprint density at radius 1 is 1.06 bits per heavy atom. The summed E-state index contributed by atoms with van der Waals surface area (Å²) >= 11 is 0. The maximum Gasteiger partial charge on any atom is 0.220 e. The monoisotopic (exact) mass is 426 g/mol. The Bertz CT molecular complexity index is 889. The molecule has 0 aliphatic heterocycles. The first-order valence-corrected chi connectivity index (χ1v) is 10.9. The van der Waals surface area contributed by atoms with Gasteiger partial charge in [-0.05, 0) is 49.3 Å². The SMILES string of the molecule is CC(=O)N[C@H]1CC[C@](CNC(=O)CCc2ccccc2F)(c2ccccc2)CC[C@@H]1O. The number of amides is 2. The number of hydrogen-bond donors (Lipinski definition) is 3. The third kappa shape index (κ3) is 6.14. The number of rotatable bonds is 7. The zero-order valence-electron chi connectivity index (χ0n) is 17.9. The van der Waals surface area contributed by atoms with E-state index in [1.54, 1.807) is 18.2 Å². The highest BCUT2D eigenvalue weighted by Gasteiger charge is 2.38. The molecule has 1 aliphatic carbocycles. The van der Waals surface area contributed by atoms with Gasteiger partial charge in [0, 0.05) is 25.3 Å². The number of aliphatic hydroxyl groups excluding tert-OH is 1. The molecule has 3 atom stereocenters. The van der Waals surface area contributed by atoms with Crippen LogP contribution in [0.2, 0.25) is 0 Å². The second-order valence-corrected chi connectivity index (χ2v) is 8.47. The molecular formula is C25H31FN2O3. The van der Waals surface area contributed by atoms with Gasteiger partial charge in [-0.2, -0.15) is 0 Å². The molecule has 6 heteroatoms. The molecule has 2 aromatic rings. The van der Waals surface area contributed by atoms with E-state index in [1.165, 1.54) is 13.0 Å². The number of carbonyl (C=O) groups is 2. The van der Waals surface area contributed by atoms with Crippen molar-refractivity contribution < 1.29 is 19.1 Å². The third-order valence-electron chi connectivity index (χ3n) is 6.30. The van der Waals surface area contributed by atoms with Gasteiger partial charge in [-0.3, -0.25) is 9.59 Å². The van der Waals surface area contributed by atoms with Gasteiger partial charge < -0.3 is 15.7 Å². The van der Waals surface area contributed by atoms with Gasteiger partial charge >= 0.3 is 0 Å². The fourth-order valence-electron chi connectivity index (χ4n) is 4.47. The fourth-order valence-corrected chi connectivity index (χ4v) is 4.47. The van der Waals surface area contributed by atoms with Crippen LogP contribution in [0.15, 0.2) is 54.6 Å². The molecular weight excluding hydrogens is 395 g/mol. The highest BCUT2D eigenvalue weighted by atomic mass is 19.1. The van der Waals surface area contributed by atoms with Crippen molar-refractivity contribution in [2.24, 2.45) is 0 Å². The Balaban J connectivity index is 1.69. The largest absolute Gasteiger partial charge is 0.391 e. The quantitative estimate of drug-likeness (QED) is 0.595. The van der Waals surface area contributed by atoms with Crippen LogP contribution in [-0.2, 0) is 21.4 Å². The lowest BCUT2D eigenvalue weighted by molar-refractivity contribution is -0.121. The highest BCUT2D eigenvalue weighted by molar-refractivity contribution is 5.76. The van der Waals surface area contributed by atoms with E-state index >= 15 is 0 Å². The molecule has 0 radical (unpaired) electrons. The molecule has 3 N–H and O–H groups in total. The number of hydrogen-bond acceptors (Lipinski definition) is 3. The molecule has 0 spiro atoms. The Morgan fingerprint density at radius 2 is 1.74 bits per heavy atom. The molecule has 2 amide bonds. The zero-order valence-corrected chi connectivity index (χ0v) is 17.9. The minimum atomic E-state index is -0.619. The van der Waals surface area contributed by atoms with Crippen LogP contribution in [-0.4, -0.2) is 35.6 Å². The molecule has 5 nitrogen and oxygen atoms in total. The molecule has 3 rings (SSSR count). The van der Waals surface area contributed by atoms with E-state index in [2.05, 4.69) is 22.8 Å². The van der Waals surface area contributed by atoms with Crippen LogP contribution in [0.1, 0.15) is 50.2 Å². The van der Waals surface area contributed by atoms with Gasteiger partial charge in [-0.25, -0.2) is 4.39 Å². The lowest BCUT2D eigenvalue weighted by atomic mass is 9.74. The van der Waals surface area contributed by atoms with E-state index < -0.39 is 6.10 Å². The number of aliphatic hydroxyl groups is 1. The first-order valence-electron chi connectivity index (χ1n) is 10.9. The number of benzene rings is 2. The topological polar surface area (TPSA) is 78.4 Å². The van der Waals surface area contributed by atoms with Gasteiger partial charge in [-0.1, -0.05) is 48.5 Å². The number of halogens is 1. The number of carbonyl (C=O) groups excluding carboxylic acids is 2. The van der Waals surface area contributed by atoms with Crippen LogP contribution in [0.5, 0.6) is 0 Å². The summed E-state index contributed by atoms with van der Waals surface area (Å²) in [5.41, 5.74) is 1.31. The molecule has 0 saturated heterocycles. The highest BCUT2D eigenvalue weighted by Crippen LogP contribution is 2.38. The Kier molecular flexibility index (Phi) is 7.80. The van der Waals surface area contributed by atoms with Gasteiger partial charge in [0.15, 0.2) is 0 Å². The van der Waals surface area contributed by atoms with Crippen LogP contribution in [0.4, 0.5) is 4.39 Å². The summed E-state index contributed by atoms with van der Waals surface area (Å²) in [6.07, 6.45) is 2.52. The van der Waals surface area contributed by atoms with Crippen molar-refractivity contribution in [1.29, 1.82) is 0 Å². The van der Waals surface area contributed by atoms with Crippen LogP contribution < -0.4 is 10.6 Å². The minimum Gasteiger partial charge on any atom is -0.391 e. The second kappa shape index (κ2) is 10.5. The van der Waals surface area contributed by atoms with Gasteiger partial charge in [-0.15, -0.1) is 0 Å². The smallest absolute Gasteiger partial charge is 0.220 e. The predicted molar refractivity (Wildman–Crippen MR) is 118 cm³/mol. The first kappa shape index (κ1) is 22.9. The molecule has 166 valence electrons. The number of aryl methyl sites for hydroxylation is 1. The second-order valence-electron chi connectivity index (χ2n) is 8.47. The summed E-state index contributed by atoms with van der Waals surface area (Å²) in [7, 11) is 0. The van der Waals surface area contributed by atoms with E-state index in [9.17, 15) is 19.1 Å². The Labute approximate surface area is 183 Å². The van der Waals surface area contributed by atoms with Gasteiger partial charge in [0.1, 0.15) is 5.82 Å². The van der Waals surface area contributed by atoms with Crippen molar-refractivity contribution in [2.45, 2.75) is 63.0 Å². The average Bonchev–Trinajstić information content (AvgIpc) is 2.92. The van der Waals surface area contributed by atoms with E-state index in [0.717, 1.165) is 12.0 Å². The van der Waals surface area contributed by atoms with Crippen molar-refractivity contribution in [3.05, 3.63) is 71.5 Å². The summed E-state index contributed by atoms with van der Waals surface area (Å²) in [4.78, 5) is 24.1. The standard InChI is InChI=1S/C25H31FN2O3/c1-18(29)28-22-13-15-25(16-14-23(22)30,20-8-3-2-4-9-20)17-27-24(31)12-11-19-7-5-6-10-21(19)26/h2-10,22-23,30H,11-17H2,1H3,(H,27,31)(H,28,29)/t22-,23-,25-/m0/s1. The van der Waals surface area contributed by atoms with Gasteiger partial charge in [0.2, 0.25) is 11.8 Å². The minimum absolute atomic E-state index is 0.123. The van der Waals surface area contributed by atoms with Crippen molar-refractivity contribution in [2.75, 3.05) is 6.54 Å². The van der Waals surface area contributed by atoms with E-state index in [0.29, 0.717) is 37.8 Å². The van der Waals surface area contributed by atoms with Crippen LogP contribution in [0.25, 0.3) is 0 Å². The molecule has 0 bridgehead atoms. The molecule has 2 aromatic carbocycles. The zero-order chi connectivity index (χ0) is 22.3. The third-order valence-corrected chi connectivity index (χ3v) is 6.30. The molecule has 1 fully saturated rings. The molecule has 1 aliphatic rings. The lowest BCUT2D eigenvalue weighted by Gasteiger charge is -2.34. The van der Waals surface area contributed by atoms with Crippen LogP contribution in [0, 0.1) is 5.82 Å². The Hall–Kier alpha value is -2.73. The summed E-state index contributed by atoms with van der Waals surface area (Å²) in [5.74, 6) is -0.572. The van der Waals surface area contributed by atoms with Crippen molar-refractivity contribution >= 4 is 11.8 Å². The summed E-state index contributed by atoms with van der Waals surface area (Å²) < 4.78 is 13.8. The van der Waals surface area contributed by atoms with Gasteiger partial charge in [0.25, 0.3) is 0 Å². The predicted octanol–water partition coefficient (Wildman–Crippen LogP) is 3.25. The van der Waals surface area contributed by atoms with Crippen LogP contribution >= 0.6 is 0 Å².